The molecule has 0 spiro atoms. The van der Waals surface area contributed by atoms with E-state index < -0.39 is 83.8 Å². The number of rotatable bonds is 11. The second kappa shape index (κ2) is 12.6. The lowest BCUT2D eigenvalue weighted by Crippen LogP contribution is -3.13. The van der Waals surface area contributed by atoms with Crippen LogP contribution in [0.3, 0.4) is 0 Å². The van der Waals surface area contributed by atoms with Crippen LogP contribution >= 0.6 is 15.6 Å². The fourth-order valence-electron chi connectivity index (χ4n) is 4.84. The van der Waals surface area contributed by atoms with Crippen LogP contribution in [0.5, 0.6) is 0 Å². The van der Waals surface area contributed by atoms with Crippen LogP contribution in [0.15, 0.2) is 36.6 Å². The Bertz CT molecular complexity index is 1560. The van der Waals surface area contributed by atoms with Crippen LogP contribution in [0.1, 0.15) is 6.23 Å². The number of hydrogen-bond donors (Lipinski definition) is 8. The summed E-state index contributed by atoms with van der Waals surface area (Å²) in [4.78, 5) is 46.0. The van der Waals surface area contributed by atoms with Crippen molar-refractivity contribution in [2.45, 2.75) is 49.1 Å². The maximum absolute atomic E-state index is 12.4. The third kappa shape index (κ3) is 6.76. The third-order valence-corrected chi connectivity index (χ3v) is 9.61. The molecule has 11 atom stereocenters. The zero-order valence-electron chi connectivity index (χ0n) is 22.4. The number of hydrogen-bond acceptors (Lipinski definition) is 17. The number of carbonyl (C=O) groups is 1. The normalized spacial score (nSPS) is 35.0. The Morgan fingerprint density at radius 1 is 1.07 bits per heavy atom. The molecule has 0 radical (unpaired) electrons. The van der Waals surface area contributed by atoms with Gasteiger partial charge in [-0.1, -0.05) is 0 Å². The number of phosphoric acid groups is 2. The Morgan fingerprint density at radius 2 is 1.75 bits per heavy atom. The van der Waals surface area contributed by atoms with Gasteiger partial charge in [0.25, 0.3) is 7.82 Å². The molecule has 44 heavy (non-hydrogen) atoms. The summed E-state index contributed by atoms with van der Waals surface area (Å²) in [7, 11) is -11.0. The van der Waals surface area contributed by atoms with Gasteiger partial charge in [-0.2, -0.15) is 0 Å². The van der Waals surface area contributed by atoms with Gasteiger partial charge in [0, 0.05) is 0 Å². The summed E-state index contributed by atoms with van der Waals surface area (Å²) < 4.78 is 50.5. The van der Waals surface area contributed by atoms with E-state index in [0.29, 0.717) is 4.90 Å². The molecule has 3 aliphatic heterocycles. The quantitative estimate of drug-likeness (QED) is 0.104. The van der Waals surface area contributed by atoms with Crippen LogP contribution in [0.4, 0.5) is 5.82 Å². The molecular formula is C21H29N7O14P2. The highest BCUT2D eigenvalue weighted by Gasteiger charge is 2.49. The molecule has 0 aromatic carbocycles. The molecule has 0 saturated carbocycles. The molecule has 2 aromatic rings. The molecule has 2 saturated heterocycles. The fourth-order valence-corrected chi connectivity index (χ4v) is 6.89. The lowest BCUT2D eigenvalue weighted by atomic mass is 10.1. The zero-order chi connectivity index (χ0) is 32.0. The standard InChI is InChI=1S/C21H29N7O14P2/c22-17-12-19(25-7-24-17)28(8-26-12)21-16(32)14(30)11(41-21)6-39-44(36,37)42-43(34,35)38-5-10-13(29)15(31)20(40-10)27-3-1-2-9(4-27)18(23)33/h1-3,7-8,10-11,13-16,20-21,29-32H,4-6H2,(H2,23,33)(H,34,35)(H,36,37)(H2,22,24,25). The number of amides is 1. The number of fused-ring (bicyclic) bond motifs is 1. The molecule has 2 aromatic heterocycles. The van der Waals surface area contributed by atoms with Crippen LogP contribution in [0.25, 0.3) is 11.2 Å². The predicted octanol–water partition coefficient (Wildman–Crippen LogP) is -5.08. The fraction of sp³-hybridized carbons (Fsp3) is 0.524. The summed E-state index contributed by atoms with van der Waals surface area (Å²) in [5.74, 6) is -0.650. The van der Waals surface area contributed by atoms with Gasteiger partial charge in [-0.25, -0.2) is 23.8 Å². The number of aromatic nitrogens is 4. The van der Waals surface area contributed by atoms with Crippen LogP contribution in [-0.4, -0.2) is 113 Å². The zero-order valence-corrected chi connectivity index (χ0v) is 24.2. The van der Waals surface area contributed by atoms with Crippen LogP contribution in [0, 0.1) is 0 Å². The molecule has 11 unspecified atom stereocenters. The number of nitrogens with one attached hydrogen (secondary N) is 1. The summed E-state index contributed by atoms with van der Waals surface area (Å²) in [6.07, 6.45) is -4.88. The van der Waals surface area contributed by atoms with E-state index in [-0.39, 0.29) is 29.1 Å². The number of anilines is 1. The molecule has 0 aliphatic carbocycles. The first-order valence-corrected chi connectivity index (χ1v) is 15.8. The highest BCUT2D eigenvalue weighted by atomic mass is 31.3. The van der Waals surface area contributed by atoms with Crippen molar-refractivity contribution in [1.82, 2.24) is 19.5 Å². The van der Waals surface area contributed by atoms with E-state index in [2.05, 4.69) is 28.3 Å². The van der Waals surface area contributed by atoms with Crippen LogP contribution in [0.2, 0.25) is 0 Å². The number of aliphatic hydroxyl groups excluding tert-OH is 4. The molecule has 2 fully saturated rings. The van der Waals surface area contributed by atoms with E-state index in [4.69, 9.17) is 20.9 Å². The molecule has 1 amide bonds. The Hall–Kier alpha value is -2.72. The van der Waals surface area contributed by atoms with Crippen molar-refractivity contribution < 1.29 is 71.9 Å². The second-order valence-electron chi connectivity index (χ2n) is 9.96. The number of nitrogens with two attached hydrogens (primary N) is 2. The monoisotopic (exact) mass is 665 g/mol. The predicted molar refractivity (Wildman–Crippen MR) is 139 cm³/mol. The van der Waals surface area contributed by atoms with Crippen molar-refractivity contribution in [1.29, 1.82) is 0 Å². The highest BCUT2D eigenvalue weighted by Crippen LogP contribution is 2.58. The number of ether oxygens (including phenoxy) is 2. The van der Waals surface area contributed by atoms with E-state index in [1.54, 1.807) is 0 Å². The number of quaternary nitrogens is 1. The highest BCUT2D eigenvalue weighted by molar-refractivity contribution is 7.60. The number of allylic oxidation sites excluding steroid dienone is 2. The number of aliphatic hydroxyl groups is 4. The Kier molecular flexibility index (Phi) is 9.34. The minimum Gasteiger partial charge on any atom is -0.756 e. The largest absolute Gasteiger partial charge is 0.756 e. The lowest BCUT2D eigenvalue weighted by molar-refractivity contribution is -0.898. The first-order chi connectivity index (χ1) is 20.7. The molecule has 10 N–H and O–H groups in total. The first kappa shape index (κ1) is 32.7. The van der Waals surface area contributed by atoms with E-state index >= 15 is 0 Å². The van der Waals surface area contributed by atoms with Gasteiger partial charge < -0.3 is 55.7 Å². The van der Waals surface area contributed by atoms with Gasteiger partial charge in [-0.05, 0) is 12.2 Å². The van der Waals surface area contributed by atoms with Gasteiger partial charge >= 0.3 is 7.82 Å². The molecule has 5 heterocycles. The summed E-state index contributed by atoms with van der Waals surface area (Å²) >= 11 is 0. The van der Waals surface area contributed by atoms with Crippen molar-refractivity contribution in [3.63, 3.8) is 0 Å². The molecule has 23 heteroatoms. The summed E-state index contributed by atoms with van der Waals surface area (Å²) in [5, 5.41) is 41.6. The average Bonchev–Trinajstić information content (AvgIpc) is 3.61. The number of phosphoric ester groups is 2. The summed E-state index contributed by atoms with van der Waals surface area (Å²) in [5.41, 5.74) is 11.6. The van der Waals surface area contributed by atoms with Gasteiger partial charge in [0.1, 0.15) is 48.9 Å². The molecule has 5 rings (SSSR count). The van der Waals surface area contributed by atoms with Crippen LogP contribution < -0.4 is 21.3 Å². The average molecular weight is 665 g/mol. The first-order valence-electron chi connectivity index (χ1n) is 12.8. The minimum absolute atomic E-state index is 0.0150. The van der Waals surface area contributed by atoms with Gasteiger partial charge in [-0.15, -0.1) is 0 Å². The smallest absolute Gasteiger partial charge is 0.478 e. The second-order valence-corrected chi connectivity index (χ2v) is 13.0. The Morgan fingerprint density at radius 3 is 2.48 bits per heavy atom. The van der Waals surface area contributed by atoms with E-state index in [0.717, 1.165) is 6.33 Å². The molecule has 242 valence electrons. The lowest BCUT2D eigenvalue weighted by Gasteiger charge is -2.27. The van der Waals surface area contributed by atoms with Gasteiger partial charge in [0.05, 0.1) is 31.3 Å². The van der Waals surface area contributed by atoms with Crippen molar-refractivity contribution in [3.8, 4) is 0 Å². The topological polar surface area (TPSA) is 322 Å². The third-order valence-electron chi connectivity index (χ3n) is 7.05. The number of carbonyl (C=O) groups excluding carboxylic acids is 1. The molecule has 21 nitrogen and oxygen atoms in total. The maximum Gasteiger partial charge on any atom is 0.478 e. The maximum atomic E-state index is 12.4. The van der Waals surface area contributed by atoms with Gasteiger partial charge in [0.15, 0.2) is 23.8 Å². The van der Waals surface area contributed by atoms with E-state index in [1.165, 1.54) is 29.2 Å². The Labute approximate surface area is 247 Å². The molecular weight excluding hydrogens is 636 g/mol. The number of primary amides is 1. The van der Waals surface area contributed by atoms with Gasteiger partial charge in [-0.3, -0.25) is 23.4 Å². The van der Waals surface area contributed by atoms with Crippen LogP contribution in [-0.2, 0) is 36.8 Å². The van der Waals surface area contributed by atoms with Crippen molar-refractivity contribution in [2.75, 3.05) is 25.5 Å². The van der Waals surface area contributed by atoms with Crippen molar-refractivity contribution in [2.24, 2.45) is 5.73 Å². The number of nitrogen functional groups attached to an aromatic ring is 1. The van der Waals surface area contributed by atoms with E-state index in [1.807, 2.05) is 0 Å². The van der Waals surface area contributed by atoms with Gasteiger partial charge in [0.2, 0.25) is 12.1 Å². The number of nitrogens with zero attached hydrogens (tertiary/aromatic N) is 4. The minimum atomic E-state index is -5.60. The SMILES string of the molecule is NC(=O)C1=CC=C[NH+](C2OC(COP(=O)([O-])OP(=O)(O)OCC3OC(n4cnc5c(N)ncnc54)C(O)C3O)C(O)C2O)C1. The molecule has 3 aliphatic rings. The summed E-state index contributed by atoms with van der Waals surface area (Å²) in [6, 6.07) is 0. The molecule has 0 bridgehead atoms. The summed E-state index contributed by atoms with van der Waals surface area (Å²) in [6.45, 7) is -1.84. The van der Waals surface area contributed by atoms with Crippen molar-refractivity contribution in [3.05, 3.63) is 36.6 Å². The van der Waals surface area contributed by atoms with E-state index in [9.17, 15) is 44.1 Å². The Balaban J connectivity index is 1.14. The number of imidazole rings is 1. The van der Waals surface area contributed by atoms with Crippen molar-refractivity contribution >= 4 is 38.5 Å².